The first kappa shape index (κ1) is 17.7. The van der Waals surface area contributed by atoms with Crippen molar-refractivity contribution in [2.24, 2.45) is 5.73 Å². The molecule has 1 aromatic carbocycles. The third-order valence-corrected chi connectivity index (χ3v) is 4.03. The molecule has 1 aromatic rings. The molecule has 0 fully saturated rings. The number of methoxy groups -OCH3 is 1. The molecule has 21 heavy (non-hydrogen) atoms. The fourth-order valence-corrected chi connectivity index (χ4v) is 2.92. The van der Waals surface area contributed by atoms with E-state index < -0.39 is 36.0 Å². The topological polar surface area (TPSA) is 102 Å². The molecule has 0 aliphatic rings. The van der Waals surface area contributed by atoms with E-state index in [1.165, 1.54) is 14.0 Å². The fourth-order valence-electron chi connectivity index (χ4n) is 1.67. The van der Waals surface area contributed by atoms with Crippen LogP contribution in [0, 0.1) is 36.4 Å². The minimum absolute atomic E-state index is 0.00776. The summed E-state index contributed by atoms with van der Waals surface area (Å²) >= 11 is 0.951. The van der Waals surface area contributed by atoms with Crippen LogP contribution in [0.5, 0.6) is 5.75 Å². The predicted octanol–water partition coefficient (Wildman–Crippen LogP) is 0.0608. The molecule has 1 amide bonds. The Morgan fingerprint density at radius 3 is 2.43 bits per heavy atom. The summed E-state index contributed by atoms with van der Waals surface area (Å²) in [7, 11) is 1.17. The number of anilines is 1. The van der Waals surface area contributed by atoms with Crippen LogP contribution in [-0.4, -0.2) is 30.1 Å². The van der Waals surface area contributed by atoms with Gasteiger partial charge in [0.2, 0.25) is 0 Å². The van der Waals surface area contributed by atoms with Gasteiger partial charge in [0.05, 0.1) is 0 Å². The van der Waals surface area contributed by atoms with E-state index in [1.807, 2.05) is 0 Å². The van der Waals surface area contributed by atoms with Gasteiger partial charge in [-0.1, -0.05) is 0 Å². The zero-order valence-electron chi connectivity index (χ0n) is 11.2. The molecule has 1 rings (SSSR count). The summed E-state index contributed by atoms with van der Waals surface area (Å²) in [5.74, 6) is -4.72. The standard InChI is InChI=1S/C12H13AtF2N2O4/c1-4(18)17-10-5(3-6(16)12(19)20)8(14)9(15)11(21-2)7(10)13/h6H,3,16H2,1-2H3,(H,17,18)(H,19,20). The van der Waals surface area contributed by atoms with E-state index >= 15 is 0 Å². The molecular formula is C12H13AtF2N2O4. The van der Waals surface area contributed by atoms with Crippen LogP contribution < -0.4 is 19.1 Å². The average molecular weight is 497 g/mol. The number of carboxylic acid groups (broad SMARTS) is 1. The first-order valence-corrected chi connectivity index (χ1v) is 7.16. The minimum atomic E-state index is -1.43. The number of carbonyl (C=O) groups is 2. The Balaban J connectivity index is 3.51. The first-order valence-electron chi connectivity index (χ1n) is 5.69. The summed E-state index contributed by atoms with van der Waals surface area (Å²) in [4.78, 5) is 22.0. The van der Waals surface area contributed by atoms with E-state index in [1.54, 1.807) is 0 Å². The molecule has 1 unspecified atom stereocenters. The van der Waals surface area contributed by atoms with Crippen molar-refractivity contribution in [1.82, 2.24) is 0 Å². The van der Waals surface area contributed by atoms with Crippen molar-refractivity contribution in [2.75, 3.05) is 12.4 Å². The van der Waals surface area contributed by atoms with E-state index in [0.717, 1.165) is 24.7 Å². The van der Waals surface area contributed by atoms with Crippen LogP contribution in [0.3, 0.4) is 0 Å². The summed E-state index contributed by atoms with van der Waals surface area (Å²) in [5, 5.41) is 11.2. The van der Waals surface area contributed by atoms with Gasteiger partial charge in [-0.05, 0) is 0 Å². The molecule has 0 saturated heterocycles. The Kier molecular flexibility index (Phi) is 5.98. The molecule has 1 atom stereocenters. The van der Waals surface area contributed by atoms with Crippen molar-refractivity contribution < 1.29 is 52.9 Å². The molecule has 0 spiro atoms. The molecule has 0 radical (unpaired) electrons. The van der Waals surface area contributed by atoms with Crippen molar-refractivity contribution >= 4 is 20.8 Å². The summed E-state index contributed by atoms with van der Waals surface area (Å²) in [5.41, 5.74) is 5.06. The molecule has 4 N–H and O–H groups in total. The van der Waals surface area contributed by atoms with Crippen LogP contribution in [0.1, 0.15) is 12.5 Å². The van der Waals surface area contributed by atoms with Gasteiger partial charge in [0, 0.05) is 0 Å². The molecule has 6 nitrogen and oxygen atoms in total. The van der Waals surface area contributed by atoms with Crippen LogP contribution in [0.15, 0.2) is 0 Å². The van der Waals surface area contributed by atoms with E-state index in [2.05, 4.69) is 5.32 Å². The van der Waals surface area contributed by atoms with Crippen molar-refractivity contribution in [3.63, 3.8) is 0 Å². The normalized spacial score (nSPS) is 11.9. The van der Waals surface area contributed by atoms with Gasteiger partial charge in [-0.15, -0.1) is 0 Å². The average Bonchev–Trinajstić information content (AvgIpc) is 2.40. The van der Waals surface area contributed by atoms with Crippen molar-refractivity contribution in [2.45, 2.75) is 19.4 Å². The summed E-state index contributed by atoms with van der Waals surface area (Å²) in [6.07, 6.45) is -0.465. The zero-order chi connectivity index (χ0) is 16.3. The number of ether oxygens (including phenoxy) is 1. The van der Waals surface area contributed by atoms with Gasteiger partial charge in [-0.25, -0.2) is 0 Å². The Morgan fingerprint density at radius 2 is 2.00 bits per heavy atom. The number of carbonyl (C=O) groups excluding carboxylic acids is 1. The van der Waals surface area contributed by atoms with Crippen LogP contribution in [0.25, 0.3) is 0 Å². The van der Waals surface area contributed by atoms with Crippen molar-refractivity contribution in [3.05, 3.63) is 17.2 Å². The number of rotatable bonds is 5. The molecule has 0 aliphatic heterocycles. The van der Waals surface area contributed by atoms with E-state index in [0.29, 0.717) is 0 Å². The molecule has 116 valence electrons. The van der Waals surface area contributed by atoms with Gasteiger partial charge in [0.15, 0.2) is 0 Å². The van der Waals surface area contributed by atoms with Gasteiger partial charge in [-0.2, -0.15) is 0 Å². The summed E-state index contributed by atoms with van der Waals surface area (Å²) < 4.78 is 33.0. The third-order valence-electron chi connectivity index (χ3n) is 2.62. The second-order valence-corrected chi connectivity index (χ2v) is 5.63. The maximum atomic E-state index is 14.1. The van der Waals surface area contributed by atoms with Crippen LogP contribution in [0.2, 0.25) is 0 Å². The molecule has 0 saturated carbocycles. The third kappa shape index (κ3) is 3.86. The van der Waals surface area contributed by atoms with Crippen LogP contribution in [-0.2, 0) is 16.0 Å². The van der Waals surface area contributed by atoms with Gasteiger partial charge >= 0.3 is 134 Å². The number of nitrogens with two attached hydrogens (primary N) is 1. The Hall–Kier alpha value is -1.34. The number of aliphatic carboxylic acids is 1. The Labute approximate surface area is 134 Å². The number of amides is 1. The quantitative estimate of drug-likeness (QED) is 0.535. The SMILES string of the molecule is COc1c(F)c(F)c(CC(N)C(=O)O)c(NC(C)=O)c1[At]. The second-order valence-electron chi connectivity index (χ2n) is 4.16. The number of carboxylic acids is 1. The molecular weight excluding hydrogens is 484 g/mol. The zero-order valence-corrected chi connectivity index (χ0v) is 14.1. The number of benzene rings is 1. The Bertz CT molecular complexity index is 595. The molecule has 0 aliphatic carbocycles. The van der Waals surface area contributed by atoms with E-state index in [-0.39, 0.29) is 20.3 Å². The van der Waals surface area contributed by atoms with Gasteiger partial charge in [-0.3, -0.25) is 0 Å². The van der Waals surface area contributed by atoms with E-state index in [4.69, 9.17) is 15.6 Å². The molecule has 0 heterocycles. The molecule has 0 bridgehead atoms. The summed E-state index contributed by atoms with van der Waals surface area (Å²) in [6.45, 7) is 1.19. The summed E-state index contributed by atoms with van der Waals surface area (Å²) in [6, 6.07) is -1.43. The van der Waals surface area contributed by atoms with Gasteiger partial charge in [0.1, 0.15) is 0 Å². The number of hydrogen-bond acceptors (Lipinski definition) is 4. The van der Waals surface area contributed by atoms with Crippen molar-refractivity contribution in [1.29, 1.82) is 0 Å². The Morgan fingerprint density at radius 1 is 1.43 bits per heavy atom. The number of nitrogens with one attached hydrogen (secondary N) is 1. The number of hydrogen-bond donors (Lipinski definition) is 3. The maximum absolute atomic E-state index is 14.1. The van der Waals surface area contributed by atoms with E-state index in [9.17, 15) is 18.4 Å². The van der Waals surface area contributed by atoms with Crippen LogP contribution >= 0.6 is 0 Å². The monoisotopic (exact) mass is 497 g/mol. The van der Waals surface area contributed by atoms with Crippen molar-refractivity contribution in [3.8, 4) is 5.75 Å². The molecule has 9 heteroatoms. The van der Waals surface area contributed by atoms with Gasteiger partial charge in [0.25, 0.3) is 0 Å². The number of halogens is 2. The van der Waals surface area contributed by atoms with Gasteiger partial charge < -0.3 is 0 Å². The second kappa shape index (κ2) is 7.09. The first-order chi connectivity index (χ1) is 9.70. The van der Waals surface area contributed by atoms with Crippen LogP contribution in [0.4, 0.5) is 14.5 Å². The fraction of sp³-hybridized carbons (Fsp3) is 0.333. The molecule has 0 aromatic heterocycles. The predicted molar refractivity (Wildman–Crippen MR) is 66.2 cm³/mol.